The van der Waals surface area contributed by atoms with Gasteiger partial charge in [0.05, 0.1) is 21.2 Å². The van der Waals surface area contributed by atoms with Gasteiger partial charge in [0.25, 0.3) is 11.6 Å². The van der Waals surface area contributed by atoms with Gasteiger partial charge in [0, 0.05) is 23.7 Å². The van der Waals surface area contributed by atoms with E-state index >= 15 is 0 Å². The maximum absolute atomic E-state index is 13.9. The molecular weight excluding hydrogens is 412 g/mol. The van der Waals surface area contributed by atoms with E-state index in [1.165, 1.54) is 17.0 Å². The Morgan fingerprint density at radius 2 is 1.96 bits per heavy atom. The molecule has 7 nitrogen and oxygen atoms in total. The predicted molar refractivity (Wildman–Crippen MR) is 102 cm³/mol. The van der Waals surface area contributed by atoms with Gasteiger partial charge in [-0.25, -0.2) is 4.39 Å². The van der Waals surface area contributed by atoms with Gasteiger partial charge in [-0.15, -0.1) is 0 Å². The molecule has 0 aliphatic carbocycles. The number of nitrogens with zero attached hydrogens (tertiary/aromatic N) is 2. The van der Waals surface area contributed by atoms with E-state index in [9.17, 15) is 24.1 Å². The lowest BCUT2D eigenvalue weighted by atomic mass is 10.1. The van der Waals surface area contributed by atoms with Crippen LogP contribution < -0.4 is 5.32 Å². The van der Waals surface area contributed by atoms with E-state index in [0.29, 0.717) is 24.4 Å². The molecule has 1 aliphatic rings. The lowest BCUT2D eigenvalue weighted by molar-refractivity contribution is -0.384. The first-order valence-electron chi connectivity index (χ1n) is 8.28. The van der Waals surface area contributed by atoms with Crippen LogP contribution in [0.2, 0.25) is 10.0 Å². The van der Waals surface area contributed by atoms with Crippen molar-refractivity contribution < 1.29 is 18.9 Å². The topological polar surface area (TPSA) is 92.5 Å². The van der Waals surface area contributed by atoms with Crippen LogP contribution in [0.5, 0.6) is 0 Å². The molecule has 2 aromatic carbocycles. The minimum Gasteiger partial charge on any atom is -0.327 e. The van der Waals surface area contributed by atoms with E-state index in [4.69, 9.17) is 23.2 Å². The molecule has 1 heterocycles. The van der Waals surface area contributed by atoms with Crippen LogP contribution in [0.4, 0.5) is 15.8 Å². The number of carbonyl (C=O) groups is 2. The first-order chi connectivity index (χ1) is 13.3. The van der Waals surface area contributed by atoms with Crippen molar-refractivity contribution in [2.45, 2.75) is 18.9 Å². The molecule has 1 saturated heterocycles. The molecule has 0 aromatic heterocycles. The van der Waals surface area contributed by atoms with Crippen LogP contribution in [-0.4, -0.2) is 34.2 Å². The van der Waals surface area contributed by atoms with Gasteiger partial charge in [-0.2, -0.15) is 0 Å². The maximum Gasteiger partial charge on any atom is 0.271 e. The van der Waals surface area contributed by atoms with Crippen LogP contribution in [0.15, 0.2) is 36.4 Å². The van der Waals surface area contributed by atoms with E-state index < -0.39 is 28.6 Å². The molecule has 1 N–H and O–H groups in total. The normalized spacial score (nSPS) is 16.1. The van der Waals surface area contributed by atoms with Gasteiger partial charge < -0.3 is 10.2 Å². The Balaban J connectivity index is 1.82. The number of rotatable bonds is 4. The van der Waals surface area contributed by atoms with Crippen LogP contribution in [0, 0.1) is 15.9 Å². The number of hydrogen-bond acceptors (Lipinski definition) is 4. The summed E-state index contributed by atoms with van der Waals surface area (Å²) in [4.78, 5) is 37.0. The average Bonchev–Trinajstić information content (AvgIpc) is 3.14. The number of non-ortho nitro benzene ring substituents is 1. The molecule has 2 amide bonds. The van der Waals surface area contributed by atoms with Crippen molar-refractivity contribution >= 4 is 46.4 Å². The van der Waals surface area contributed by atoms with Gasteiger partial charge >= 0.3 is 0 Å². The highest BCUT2D eigenvalue weighted by Gasteiger charge is 2.35. The van der Waals surface area contributed by atoms with Gasteiger partial charge in [-0.05, 0) is 37.1 Å². The van der Waals surface area contributed by atoms with Crippen molar-refractivity contribution in [2.24, 2.45) is 0 Å². The SMILES string of the molecule is O=C(Nc1cc([N+](=O)[O-])ccc1F)C1CCCN1C(=O)c1cc(Cl)ccc1Cl. The summed E-state index contributed by atoms with van der Waals surface area (Å²) < 4.78 is 13.9. The fourth-order valence-electron chi connectivity index (χ4n) is 3.04. The van der Waals surface area contributed by atoms with Gasteiger partial charge in [0.2, 0.25) is 5.91 Å². The second-order valence-electron chi connectivity index (χ2n) is 6.19. The number of carbonyl (C=O) groups excluding carboxylic acids is 2. The molecule has 3 rings (SSSR count). The zero-order valence-electron chi connectivity index (χ0n) is 14.3. The first kappa shape index (κ1) is 20.0. The second-order valence-corrected chi connectivity index (χ2v) is 7.03. The molecule has 10 heteroatoms. The Kier molecular flexibility index (Phi) is 5.81. The number of halogens is 3. The lowest BCUT2D eigenvalue weighted by Crippen LogP contribution is -2.43. The molecule has 1 atom stereocenters. The van der Waals surface area contributed by atoms with Crippen LogP contribution in [0.3, 0.4) is 0 Å². The molecule has 1 fully saturated rings. The molecule has 146 valence electrons. The smallest absolute Gasteiger partial charge is 0.271 e. The third kappa shape index (κ3) is 4.07. The Labute approximate surface area is 169 Å². The highest BCUT2D eigenvalue weighted by atomic mass is 35.5. The average molecular weight is 426 g/mol. The highest BCUT2D eigenvalue weighted by Crippen LogP contribution is 2.28. The monoisotopic (exact) mass is 425 g/mol. The number of benzene rings is 2. The molecule has 0 radical (unpaired) electrons. The summed E-state index contributed by atoms with van der Waals surface area (Å²) in [5.74, 6) is -1.92. The molecule has 0 bridgehead atoms. The van der Waals surface area contributed by atoms with Crippen molar-refractivity contribution in [1.29, 1.82) is 0 Å². The quantitative estimate of drug-likeness (QED) is 0.584. The van der Waals surface area contributed by atoms with E-state index in [-0.39, 0.29) is 22.0 Å². The largest absolute Gasteiger partial charge is 0.327 e. The Morgan fingerprint density at radius 1 is 1.21 bits per heavy atom. The Bertz CT molecular complexity index is 970. The van der Waals surface area contributed by atoms with Crippen molar-refractivity contribution in [3.8, 4) is 0 Å². The second kappa shape index (κ2) is 8.12. The first-order valence-corrected chi connectivity index (χ1v) is 9.04. The molecule has 1 aliphatic heterocycles. The zero-order valence-corrected chi connectivity index (χ0v) is 15.8. The van der Waals surface area contributed by atoms with Gasteiger partial charge in [0.1, 0.15) is 11.9 Å². The summed E-state index contributed by atoms with van der Waals surface area (Å²) in [5.41, 5.74) is -0.517. The number of nitro groups is 1. The summed E-state index contributed by atoms with van der Waals surface area (Å²) in [7, 11) is 0. The molecule has 28 heavy (non-hydrogen) atoms. The zero-order chi connectivity index (χ0) is 20.4. The number of amides is 2. The summed E-state index contributed by atoms with van der Waals surface area (Å²) in [5, 5.41) is 13.7. The summed E-state index contributed by atoms with van der Waals surface area (Å²) in [6.07, 6.45) is 0.936. The number of anilines is 1. The maximum atomic E-state index is 13.9. The lowest BCUT2D eigenvalue weighted by Gasteiger charge is -2.24. The van der Waals surface area contributed by atoms with Crippen molar-refractivity contribution in [1.82, 2.24) is 4.90 Å². The summed E-state index contributed by atoms with van der Waals surface area (Å²) in [6.45, 7) is 0.317. The number of hydrogen-bond donors (Lipinski definition) is 1. The van der Waals surface area contributed by atoms with Crippen LogP contribution in [0.1, 0.15) is 23.2 Å². The fraction of sp³-hybridized carbons (Fsp3) is 0.222. The van der Waals surface area contributed by atoms with Crippen molar-refractivity contribution in [2.75, 3.05) is 11.9 Å². The Morgan fingerprint density at radius 3 is 2.68 bits per heavy atom. The number of nitro benzene ring substituents is 1. The van der Waals surface area contributed by atoms with E-state index in [2.05, 4.69) is 5.32 Å². The summed E-state index contributed by atoms with van der Waals surface area (Å²) in [6, 6.07) is 6.41. The van der Waals surface area contributed by atoms with Gasteiger partial charge in [-0.3, -0.25) is 19.7 Å². The summed E-state index contributed by atoms with van der Waals surface area (Å²) >= 11 is 12.0. The minimum absolute atomic E-state index is 0.162. The molecular formula is C18H14Cl2FN3O4. The van der Waals surface area contributed by atoms with Crippen molar-refractivity contribution in [3.05, 3.63) is 67.9 Å². The molecule has 1 unspecified atom stereocenters. The number of likely N-dealkylation sites (tertiary alicyclic amines) is 1. The van der Waals surface area contributed by atoms with Crippen LogP contribution in [-0.2, 0) is 4.79 Å². The fourth-order valence-corrected chi connectivity index (χ4v) is 3.41. The third-order valence-corrected chi connectivity index (χ3v) is 4.96. The molecule has 0 spiro atoms. The highest BCUT2D eigenvalue weighted by molar-refractivity contribution is 6.35. The molecule has 2 aromatic rings. The van der Waals surface area contributed by atoms with E-state index in [1.807, 2.05) is 0 Å². The van der Waals surface area contributed by atoms with Crippen LogP contribution >= 0.6 is 23.2 Å². The third-order valence-electron chi connectivity index (χ3n) is 4.39. The van der Waals surface area contributed by atoms with Gasteiger partial charge in [0.15, 0.2) is 0 Å². The molecule has 0 saturated carbocycles. The van der Waals surface area contributed by atoms with Gasteiger partial charge in [-0.1, -0.05) is 23.2 Å². The standard InChI is InChI=1S/C18H14Cl2FN3O4/c19-10-3-5-13(20)12(8-10)18(26)23-7-1-2-16(23)17(25)22-15-9-11(24(27)28)4-6-14(15)21/h3-6,8-9,16H,1-2,7H2,(H,22,25). The number of nitrogens with one attached hydrogen (secondary N) is 1. The minimum atomic E-state index is -0.860. The Hall–Kier alpha value is -2.71. The predicted octanol–water partition coefficient (Wildman–Crippen LogP) is 4.28. The van der Waals surface area contributed by atoms with Crippen molar-refractivity contribution in [3.63, 3.8) is 0 Å². The van der Waals surface area contributed by atoms with Crippen LogP contribution in [0.25, 0.3) is 0 Å². The van der Waals surface area contributed by atoms with E-state index in [1.54, 1.807) is 6.07 Å². The van der Waals surface area contributed by atoms with E-state index in [0.717, 1.165) is 18.2 Å².